The largest absolute Gasteiger partial charge is 0.326 e. The molecule has 6 nitrogen and oxygen atoms in total. The maximum atomic E-state index is 12.2. The van der Waals surface area contributed by atoms with Crippen molar-refractivity contribution in [3.8, 4) is 5.69 Å². The number of thioether (sulfide) groups is 1. The number of tetrazole rings is 1. The lowest BCUT2D eigenvalue weighted by Crippen LogP contribution is -2.18. The van der Waals surface area contributed by atoms with Crippen molar-refractivity contribution in [1.29, 1.82) is 0 Å². The molecule has 7 heteroatoms. The second kappa shape index (κ2) is 7.59. The van der Waals surface area contributed by atoms with E-state index in [-0.39, 0.29) is 5.91 Å². The van der Waals surface area contributed by atoms with E-state index >= 15 is 0 Å². The van der Waals surface area contributed by atoms with Crippen molar-refractivity contribution < 1.29 is 4.79 Å². The summed E-state index contributed by atoms with van der Waals surface area (Å²) in [4.78, 5) is 12.2. The van der Waals surface area contributed by atoms with Crippen LogP contribution >= 0.6 is 11.8 Å². The molecule has 1 aliphatic carbocycles. The van der Waals surface area contributed by atoms with E-state index in [2.05, 4.69) is 20.8 Å². The summed E-state index contributed by atoms with van der Waals surface area (Å²) in [5, 5.41) is 15.4. The molecule has 0 aliphatic heterocycles. The second-order valence-corrected chi connectivity index (χ2v) is 6.66. The normalized spacial score (nSPS) is 15.5. The van der Waals surface area contributed by atoms with Crippen LogP contribution in [0.3, 0.4) is 0 Å². The van der Waals surface area contributed by atoms with Crippen LogP contribution in [0.25, 0.3) is 5.69 Å². The molecule has 0 bridgehead atoms. The Morgan fingerprint density at radius 2 is 2.17 bits per heavy atom. The van der Waals surface area contributed by atoms with Crippen molar-refractivity contribution in [3.63, 3.8) is 0 Å². The van der Waals surface area contributed by atoms with E-state index in [1.54, 1.807) is 4.68 Å². The van der Waals surface area contributed by atoms with Gasteiger partial charge in [-0.05, 0) is 53.6 Å². The summed E-state index contributed by atoms with van der Waals surface area (Å²) in [6.07, 6.45) is 8.71. The highest BCUT2D eigenvalue weighted by molar-refractivity contribution is 7.98. The average molecular weight is 331 g/mol. The van der Waals surface area contributed by atoms with Crippen molar-refractivity contribution >= 4 is 23.4 Å². The topological polar surface area (TPSA) is 72.7 Å². The number of carbonyl (C=O) groups is 1. The Labute approximate surface area is 140 Å². The fourth-order valence-corrected chi connectivity index (χ4v) is 3.48. The second-order valence-electron chi connectivity index (χ2n) is 5.88. The maximum absolute atomic E-state index is 12.2. The molecule has 1 amide bonds. The van der Waals surface area contributed by atoms with E-state index in [1.165, 1.54) is 43.9 Å². The van der Waals surface area contributed by atoms with Gasteiger partial charge in [0.1, 0.15) is 0 Å². The number of anilines is 1. The van der Waals surface area contributed by atoms with Gasteiger partial charge in [-0.15, -0.1) is 5.10 Å². The number of nitrogens with zero attached hydrogens (tertiary/aromatic N) is 4. The Kier molecular flexibility index (Phi) is 5.27. The third-order valence-corrected chi connectivity index (χ3v) is 4.82. The van der Waals surface area contributed by atoms with Crippen molar-refractivity contribution in [2.45, 2.75) is 43.7 Å². The standard InChI is InChI=1S/C16H21N5OS/c1-23-16-18-19-20-21(16)14-9-5-8-13(11-14)17-15(22)10-12-6-3-2-4-7-12/h5,8-9,11-12H,2-4,6-7,10H2,1H3,(H,17,22). The number of carbonyl (C=O) groups excluding carboxylic acids is 1. The number of benzene rings is 1. The van der Waals surface area contributed by atoms with Crippen LogP contribution in [0.4, 0.5) is 5.69 Å². The molecule has 0 spiro atoms. The van der Waals surface area contributed by atoms with Crippen LogP contribution < -0.4 is 5.32 Å². The fraction of sp³-hybridized carbons (Fsp3) is 0.500. The van der Waals surface area contributed by atoms with Gasteiger partial charge in [-0.25, -0.2) is 0 Å². The zero-order chi connectivity index (χ0) is 16.1. The van der Waals surface area contributed by atoms with Gasteiger partial charge in [0.2, 0.25) is 11.1 Å². The molecule has 1 aliphatic rings. The predicted octanol–water partition coefficient (Wildman–Crippen LogP) is 3.29. The summed E-state index contributed by atoms with van der Waals surface area (Å²) in [6, 6.07) is 7.62. The highest BCUT2D eigenvalue weighted by atomic mass is 32.2. The molecule has 23 heavy (non-hydrogen) atoms. The van der Waals surface area contributed by atoms with E-state index in [4.69, 9.17) is 0 Å². The minimum absolute atomic E-state index is 0.0934. The van der Waals surface area contributed by atoms with Crippen LogP contribution in [0.2, 0.25) is 0 Å². The monoisotopic (exact) mass is 331 g/mol. The predicted molar refractivity (Wildman–Crippen MR) is 90.8 cm³/mol. The molecule has 122 valence electrons. The van der Waals surface area contributed by atoms with E-state index in [0.29, 0.717) is 12.3 Å². The quantitative estimate of drug-likeness (QED) is 0.851. The molecule has 1 N–H and O–H groups in total. The lowest BCUT2D eigenvalue weighted by molar-refractivity contribution is -0.117. The fourth-order valence-electron chi connectivity index (χ4n) is 3.05. The average Bonchev–Trinajstić information content (AvgIpc) is 3.04. The van der Waals surface area contributed by atoms with Crippen LogP contribution in [-0.4, -0.2) is 32.4 Å². The van der Waals surface area contributed by atoms with Crippen LogP contribution in [0, 0.1) is 5.92 Å². The molecule has 0 unspecified atom stereocenters. The highest BCUT2D eigenvalue weighted by Gasteiger charge is 2.17. The Bertz CT molecular complexity index is 666. The third kappa shape index (κ3) is 4.10. The summed E-state index contributed by atoms with van der Waals surface area (Å²) in [5.74, 6) is 0.630. The van der Waals surface area contributed by atoms with Gasteiger partial charge < -0.3 is 5.32 Å². The molecule has 3 rings (SSSR count). The first kappa shape index (κ1) is 16.0. The van der Waals surface area contributed by atoms with Crippen LogP contribution in [-0.2, 0) is 4.79 Å². The molecule has 1 fully saturated rings. The molecule has 1 heterocycles. The third-order valence-electron chi connectivity index (χ3n) is 4.20. The maximum Gasteiger partial charge on any atom is 0.224 e. The Morgan fingerprint density at radius 1 is 1.35 bits per heavy atom. The smallest absolute Gasteiger partial charge is 0.224 e. The molecular formula is C16H21N5OS. The summed E-state index contributed by atoms with van der Waals surface area (Å²) >= 11 is 1.48. The number of amides is 1. The molecular weight excluding hydrogens is 310 g/mol. The molecule has 1 aromatic heterocycles. The van der Waals surface area contributed by atoms with E-state index in [9.17, 15) is 4.79 Å². The van der Waals surface area contributed by atoms with E-state index in [0.717, 1.165) is 16.5 Å². The summed E-state index contributed by atoms with van der Waals surface area (Å²) in [6.45, 7) is 0. The first-order chi connectivity index (χ1) is 11.3. The Balaban J connectivity index is 1.66. The van der Waals surface area contributed by atoms with Gasteiger partial charge in [0.15, 0.2) is 0 Å². The van der Waals surface area contributed by atoms with Crippen LogP contribution in [0.5, 0.6) is 0 Å². The minimum atomic E-state index is 0.0934. The Hall–Kier alpha value is -1.89. The summed E-state index contributed by atoms with van der Waals surface area (Å²) in [7, 11) is 0. The van der Waals surface area contributed by atoms with E-state index < -0.39 is 0 Å². The lowest BCUT2D eigenvalue weighted by Gasteiger charge is -2.20. The van der Waals surface area contributed by atoms with Crippen molar-refractivity contribution in [2.24, 2.45) is 5.92 Å². The molecule has 0 saturated heterocycles. The first-order valence-corrected chi connectivity index (χ1v) is 9.21. The first-order valence-electron chi connectivity index (χ1n) is 7.99. The van der Waals surface area contributed by atoms with Crippen molar-refractivity contribution in [3.05, 3.63) is 24.3 Å². The van der Waals surface area contributed by atoms with Gasteiger partial charge in [0, 0.05) is 12.1 Å². The SMILES string of the molecule is CSc1nnnn1-c1cccc(NC(=O)CC2CCCCC2)c1. The van der Waals surface area contributed by atoms with Crippen molar-refractivity contribution in [2.75, 3.05) is 11.6 Å². The van der Waals surface area contributed by atoms with Gasteiger partial charge in [0.05, 0.1) is 5.69 Å². The van der Waals surface area contributed by atoms with Gasteiger partial charge in [-0.1, -0.05) is 37.1 Å². The summed E-state index contributed by atoms with van der Waals surface area (Å²) in [5.41, 5.74) is 1.63. The molecule has 1 saturated carbocycles. The van der Waals surface area contributed by atoms with Gasteiger partial charge in [0.25, 0.3) is 0 Å². The van der Waals surface area contributed by atoms with Crippen LogP contribution in [0.15, 0.2) is 29.4 Å². The van der Waals surface area contributed by atoms with Gasteiger partial charge in [-0.3, -0.25) is 4.79 Å². The van der Waals surface area contributed by atoms with Gasteiger partial charge in [-0.2, -0.15) is 4.68 Å². The number of hydrogen-bond donors (Lipinski definition) is 1. The van der Waals surface area contributed by atoms with Gasteiger partial charge >= 0.3 is 0 Å². The highest BCUT2D eigenvalue weighted by Crippen LogP contribution is 2.27. The molecule has 0 atom stereocenters. The van der Waals surface area contributed by atoms with Crippen molar-refractivity contribution in [1.82, 2.24) is 20.2 Å². The molecule has 1 aromatic carbocycles. The minimum Gasteiger partial charge on any atom is -0.326 e. The molecule has 0 radical (unpaired) electrons. The number of hydrogen-bond acceptors (Lipinski definition) is 5. The number of nitrogens with one attached hydrogen (secondary N) is 1. The number of rotatable bonds is 5. The summed E-state index contributed by atoms with van der Waals surface area (Å²) < 4.78 is 1.67. The number of aromatic nitrogens is 4. The zero-order valence-corrected chi connectivity index (χ0v) is 14.1. The molecule has 2 aromatic rings. The van der Waals surface area contributed by atoms with Crippen LogP contribution in [0.1, 0.15) is 38.5 Å². The van der Waals surface area contributed by atoms with E-state index in [1.807, 2.05) is 30.5 Å². The lowest BCUT2D eigenvalue weighted by atomic mass is 9.87. The zero-order valence-electron chi connectivity index (χ0n) is 13.2. The Morgan fingerprint density at radius 3 is 2.96 bits per heavy atom.